The van der Waals surface area contributed by atoms with E-state index in [2.05, 4.69) is 38.3 Å². The molecule has 2 N–H and O–H groups in total. The van der Waals surface area contributed by atoms with Crippen LogP contribution in [0.3, 0.4) is 0 Å². The van der Waals surface area contributed by atoms with Crippen LogP contribution in [0.5, 0.6) is 0 Å². The molecule has 1 heterocycles. The van der Waals surface area contributed by atoms with E-state index in [1.807, 2.05) is 0 Å². The van der Waals surface area contributed by atoms with Crippen molar-refractivity contribution in [3.8, 4) is 0 Å². The van der Waals surface area contributed by atoms with Gasteiger partial charge in [0.15, 0.2) is 0 Å². The highest BCUT2D eigenvalue weighted by Gasteiger charge is 2.60. The fraction of sp³-hybridized carbons (Fsp3) is 0.917. The molecule has 0 aromatic carbocycles. The first-order valence-corrected chi connectivity index (χ1v) is 11.9. The number of ether oxygens (including phenoxy) is 1. The molecule has 4 aliphatic rings. The van der Waals surface area contributed by atoms with Crippen LogP contribution >= 0.6 is 0 Å². The third-order valence-corrected chi connectivity index (χ3v) is 9.13. The first-order chi connectivity index (χ1) is 13.7. The van der Waals surface area contributed by atoms with Crippen molar-refractivity contribution in [2.75, 3.05) is 13.2 Å². The van der Waals surface area contributed by atoms with E-state index in [0.717, 1.165) is 25.2 Å². The van der Waals surface area contributed by atoms with Crippen LogP contribution in [0.15, 0.2) is 0 Å². The van der Waals surface area contributed by atoms with Gasteiger partial charge in [-0.1, -0.05) is 27.7 Å². The number of carbonyl (C=O) groups is 2. The molecule has 29 heavy (non-hydrogen) atoms. The molecule has 7 atom stereocenters. The Morgan fingerprint density at radius 1 is 1.10 bits per heavy atom. The lowest BCUT2D eigenvalue weighted by Gasteiger charge is -2.60. The number of fused-ring (bicyclic) bond motifs is 5. The van der Waals surface area contributed by atoms with Crippen molar-refractivity contribution in [2.24, 2.45) is 34.5 Å². The Labute approximate surface area is 176 Å². The zero-order chi connectivity index (χ0) is 20.8. The van der Waals surface area contributed by atoms with Crippen LogP contribution in [-0.4, -0.2) is 37.1 Å². The molecule has 1 aliphatic heterocycles. The molecule has 2 amide bonds. The molecule has 0 aromatic rings. The molecule has 1 saturated heterocycles. The van der Waals surface area contributed by atoms with Gasteiger partial charge in [0.05, 0.1) is 6.10 Å². The predicted molar refractivity (Wildman–Crippen MR) is 113 cm³/mol. The summed E-state index contributed by atoms with van der Waals surface area (Å²) in [5, 5.41) is 6.29. The zero-order valence-electron chi connectivity index (χ0n) is 18.8. The number of amides is 2. The largest absolute Gasteiger partial charge is 0.368 e. The minimum atomic E-state index is 0.0189. The van der Waals surface area contributed by atoms with Gasteiger partial charge in [-0.3, -0.25) is 9.59 Å². The van der Waals surface area contributed by atoms with Crippen LogP contribution in [0.2, 0.25) is 0 Å². The Kier molecular flexibility index (Phi) is 5.73. The molecule has 3 saturated carbocycles. The van der Waals surface area contributed by atoms with Crippen LogP contribution in [0.1, 0.15) is 79.1 Å². The molecule has 4 fully saturated rings. The first-order valence-electron chi connectivity index (χ1n) is 11.9. The molecular weight excluding hydrogens is 364 g/mol. The summed E-state index contributed by atoms with van der Waals surface area (Å²) >= 11 is 0. The number of rotatable bonds is 5. The predicted octanol–water partition coefficient (Wildman–Crippen LogP) is 3.67. The maximum absolute atomic E-state index is 12.2. The summed E-state index contributed by atoms with van der Waals surface area (Å²) in [4.78, 5) is 24.1. The quantitative estimate of drug-likeness (QED) is 0.735. The molecule has 0 unspecified atom stereocenters. The number of carbonyl (C=O) groups excluding carboxylic acids is 2. The summed E-state index contributed by atoms with van der Waals surface area (Å²) in [5.74, 6) is 2.88. The molecule has 5 nitrogen and oxygen atoms in total. The Balaban J connectivity index is 1.41. The van der Waals surface area contributed by atoms with E-state index in [9.17, 15) is 9.59 Å². The third kappa shape index (κ3) is 3.73. The number of hydrogen-bond acceptors (Lipinski definition) is 3. The number of piperidine rings is 1. The van der Waals surface area contributed by atoms with Gasteiger partial charge in [-0.05, 0) is 79.4 Å². The van der Waals surface area contributed by atoms with Crippen LogP contribution in [0, 0.1) is 34.5 Å². The molecule has 3 aliphatic carbocycles. The summed E-state index contributed by atoms with van der Waals surface area (Å²) in [5.41, 5.74) is 0.453. The van der Waals surface area contributed by atoms with Crippen LogP contribution < -0.4 is 10.6 Å². The normalized spacial score (nSPS) is 43.9. The van der Waals surface area contributed by atoms with Crippen molar-refractivity contribution in [1.82, 2.24) is 10.6 Å². The fourth-order valence-corrected chi connectivity index (χ4v) is 7.47. The maximum atomic E-state index is 12.2. The fourth-order valence-electron chi connectivity index (χ4n) is 7.47. The smallest absolute Gasteiger partial charge is 0.246 e. The van der Waals surface area contributed by atoms with Gasteiger partial charge in [0, 0.05) is 19.0 Å². The molecule has 0 aromatic heterocycles. The van der Waals surface area contributed by atoms with E-state index in [1.165, 1.54) is 25.7 Å². The van der Waals surface area contributed by atoms with Gasteiger partial charge in [0.2, 0.25) is 11.8 Å². The van der Waals surface area contributed by atoms with Crippen LogP contribution in [0.4, 0.5) is 0 Å². The zero-order valence-corrected chi connectivity index (χ0v) is 18.8. The highest BCUT2D eigenvalue weighted by Crippen LogP contribution is 2.64. The van der Waals surface area contributed by atoms with Gasteiger partial charge in [-0.15, -0.1) is 0 Å². The molecule has 164 valence electrons. The second-order valence-electron chi connectivity index (χ2n) is 11.2. The van der Waals surface area contributed by atoms with E-state index in [1.54, 1.807) is 0 Å². The maximum Gasteiger partial charge on any atom is 0.246 e. The minimum Gasteiger partial charge on any atom is -0.368 e. The summed E-state index contributed by atoms with van der Waals surface area (Å²) in [6.45, 7) is 9.99. The summed E-state index contributed by atoms with van der Waals surface area (Å²) < 4.78 is 6.23. The van der Waals surface area contributed by atoms with Gasteiger partial charge in [0.25, 0.3) is 0 Å². The van der Waals surface area contributed by atoms with Gasteiger partial charge >= 0.3 is 0 Å². The van der Waals surface area contributed by atoms with Crippen molar-refractivity contribution < 1.29 is 14.3 Å². The summed E-state index contributed by atoms with van der Waals surface area (Å²) in [6.07, 6.45) is 9.02. The Morgan fingerprint density at radius 2 is 1.86 bits per heavy atom. The lowest BCUT2D eigenvalue weighted by Crippen LogP contribution is -2.61. The van der Waals surface area contributed by atoms with Crippen LogP contribution in [0.25, 0.3) is 0 Å². The van der Waals surface area contributed by atoms with Crippen molar-refractivity contribution in [3.05, 3.63) is 0 Å². The lowest BCUT2D eigenvalue weighted by molar-refractivity contribution is -0.145. The second kappa shape index (κ2) is 7.86. The van der Waals surface area contributed by atoms with E-state index < -0.39 is 0 Å². The third-order valence-electron chi connectivity index (χ3n) is 9.13. The molecule has 0 spiro atoms. The Morgan fingerprint density at radius 3 is 2.62 bits per heavy atom. The Bertz CT molecular complexity index is 650. The standard InChI is InChI=1S/C24H40N2O3/c1-15(2)13-25-22(28)14-29-20-8-6-17-16-5-7-19-23(3,12-10-21(27)26-19)18(16)9-11-24(17,20)4/h15-20H,5-14H2,1-4H3,(H,25,28)(H,26,27)/t16-,17-,18-,19+,20-,23+,24-/m0/s1. The minimum absolute atomic E-state index is 0.0189. The van der Waals surface area contributed by atoms with Crippen molar-refractivity contribution in [2.45, 2.75) is 91.2 Å². The highest BCUT2D eigenvalue weighted by molar-refractivity contribution is 5.77. The highest BCUT2D eigenvalue weighted by atomic mass is 16.5. The van der Waals surface area contributed by atoms with Gasteiger partial charge in [0.1, 0.15) is 6.61 Å². The average molecular weight is 405 g/mol. The second-order valence-corrected chi connectivity index (χ2v) is 11.2. The topological polar surface area (TPSA) is 67.4 Å². The average Bonchev–Trinajstić information content (AvgIpc) is 3.01. The number of nitrogens with one attached hydrogen (secondary N) is 2. The molecule has 0 radical (unpaired) electrons. The summed E-state index contributed by atoms with van der Waals surface area (Å²) in [7, 11) is 0. The molecule has 5 heteroatoms. The number of hydrogen-bond donors (Lipinski definition) is 2. The van der Waals surface area contributed by atoms with E-state index in [-0.39, 0.29) is 35.4 Å². The monoisotopic (exact) mass is 404 g/mol. The van der Waals surface area contributed by atoms with Crippen molar-refractivity contribution >= 4 is 11.8 Å². The van der Waals surface area contributed by atoms with Crippen LogP contribution in [-0.2, 0) is 14.3 Å². The molecular formula is C24H40N2O3. The Hall–Kier alpha value is -1.10. The van der Waals surface area contributed by atoms with Crippen molar-refractivity contribution in [3.63, 3.8) is 0 Å². The van der Waals surface area contributed by atoms with Gasteiger partial charge in [-0.25, -0.2) is 0 Å². The molecule has 4 rings (SSSR count). The van der Waals surface area contributed by atoms with E-state index >= 15 is 0 Å². The lowest BCUT2D eigenvalue weighted by atomic mass is 9.47. The summed E-state index contributed by atoms with van der Waals surface area (Å²) in [6, 6.07) is 0.368. The SMILES string of the molecule is CC(C)CNC(=O)CO[C@H]1CC[C@H]2[C@@H]3CC[C@H]4NC(=O)CC[C@]4(C)[C@H]3CC[C@]12C. The van der Waals surface area contributed by atoms with E-state index in [4.69, 9.17) is 4.74 Å². The van der Waals surface area contributed by atoms with Gasteiger partial charge < -0.3 is 15.4 Å². The first kappa shape index (κ1) is 21.1. The van der Waals surface area contributed by atoms with E-state index in [0.29, 0.717) is 36.8 Å². The van der Waals surface area contributed by atoms with Gasteiger partial charge in [-0.2, -0.15) is 0 Å². The molecule has 0 bridgehead atoms. The van der Waals surface area contributed by atoms with Crippen molar-refractivity contribution in [1.29, 1.82) is 0 Å².